The Labute approximate surface area is 294 Å². The molecule has 13 heteroatoms. The number of rotatable bonds is 14. The second-order valence-electron chi connectivity index (χ2n) is 12.9. The zero-order valence-electron chi connectivity index (χ0n) is 29.0. The summed E-state index contributed by atoms with van der Waals surface area (Å²) in [6, 6.07) is 15.6. The number of nitrogens with one attached hydrogen (secondary N) is 1. The Kier molecular flexibility index (Phi) is 11.2. The lowest BCUT2D eigenvalue weighted by atomic mass is 9.80. The Morgan fingerprint density at radius 1 is 0.980 bits per heavy atom. The van der Waals surface area contributed by atoms with Gasteiger partial charge in [0.25, 0.3) is 15.9 Å². The van der Waals surface area contributed by atoms with Crippen molar-refractivity contribution in [3.63, 3.8) is 0 Å². The third kappa shape index (κ3) is 6.89. The van der Waals surface area contributed by atoms with Gasteiger partial charge in [-0.25, -0.2) is 12.7 Å². The van der Waals surface area contributed by atoms with Gasteiger partial charge in [-0.2, -0.15) is 0 Å². The molecule has 2 atom stereocenters. The molecule has 0 aromatic heterocycles. The van der Waals surface area contributed by atoms with Gasteiger partial charge in [0.15, 0.2) is 5.54 Å². The van der Waals surface area contributed by atoms with Crippen LogP contribution in [0.2, 0.25) is 5.02 Å². The largest absolute Gasteiger partial charge is 0.497 e. The summed E-state index contributed by atoms with van der Waals surface area (Å²) in [5.41, 5.74) is 0.0959. The first-order valence-corrected chi connectivity index (χ1v) is 18.2. The van der Waals surface area contributed by atoms with Crippen molar-refractivity contribution in [2.45, 2.75) is 48.7 Å². The molecule has 1 fully saturated rings. The number of carbonyl (C=O) groups is 2. The summed E-state index contributed by atoms with van der Waals surface area (Å²) in [5, 5.41) is 3.82. The Morgan fingerprint density at radius 2 is 1.71 bits per heavy atom. The van der Waals surface area contributed by atoms with E-state index >= 15 is 4.79 Å². The maximum Gasteiger partial charge on any atom is 0.271 e. The fraction of sp³-hybridized carbons (Fsp3) is 0.444. The molecular weight excluding hydrogens is 666 g/mol. The predicted octanol–water partition coefficient (Wildman–Crippen LogP) is 4.32. The quantitative estimate of drug-likeness (QED) is 0.245. The van der Waals surface area contributed by atoms with Gasteiger partial charge in [-0.15, -0.1) is 0 Å². The molecule has 3 aromatic rings. The van der Waals surface area contributed by atoms with Gasteiger partial charge in [-0.05, 0) is 113 Å². The second-order valence-corrected chi connectivity index (χ2v) is 15.2. The number of methoxy groups -OCH3 is 2. The van der Waals surface area contributed by atoms with Crippen LogP contribution in [-0.4, -0.2) is 103 Å². The van der Waals surface area contributed by atoms with Crippen molar-refractivity contribution in [1.29, 1.82) is 0 Å². The molecule has 0 radical (unpaired) electrons. The highest BCUT2D eigenvalue weighted by atomic mass is 35.5. The van der Waals surface area contributed by atoms with E-state index in [0.717, 1.165) is 35.8 Å². The molecule has 1 unspecified atom stereocenters. The highest BCUT2D eigenvalue weighted by molar-refractivity contribution is 7.93. The molecule has 0 aliphatic carbocycles. The topological polar surface area (TPSA) is 112 Å². The maximum atomic E-state index is 15.5. The summed E-state index contributed by atoms with van der Waals surface area (Å²) in [4.78, 5) is 34.7. The van der Waals surface area contributed by atoms with Crippen LogP contribution >= 0.6 is 11.6 Å². The molecule has 0 bridgehead atoms. The van der Waals surface area contributed by atoms with Crippen molar-refractivity contribution in [2.75, 3.05) is 66.3 Å². The molecule has 11 nitrogen and oxygen atoms in total. The van der Waals surface area contributed by atoms with Crippen molar-refractivity contribution in [3.8, 4) is 11.5 Å². The lowest BCUT2D eigenvalue weighted by Crippen LogP contribution is -2.59. The minimum absolute atomic E-state index is 0.0835. The third-order valence-electron chi connectivity index (χ3n) is 9.26. The Hall–Kier alpha value is -3.68. The van der Waals surface area contributed by atoms with Gasteiger partial charge in [-0.3, -0.25) is 14.5 Å². The van der Waals surface area contributed by atoms with Gasteiger partial charge in [-0.1, -0.05) is 17.7 Å². The van der Waals surface area contributed by atoms with Gasteiger partial charge < -0.3 is 24.6 Å². The number of fused-ring (bicyclic) bond motifs is 1. The minimum Gasteiger partial charge on any atom is -0.497 e. The Morgan fingerprint density at radius 3 is 2.37 bits per heavy atom. The molecule has 0 spiro atoms. The van der Waals surface area contributed by atoms with Crippen LogP contribution in [0.5, 0.6) is 11.5 Å². The zero-order valence-corrected chi connectivity index (χ0v) is 30.6. The number of benzene rings is 3. The lowest BCUT2D eigenvalue weighted by Gasteiger charge is -2.42. The summed E-state index contributed by atoms with van der Waals surface area (Å²) in [5.74, 6) is -0.0470. The van der Waals surface area contributed by atoms with Crippen LogP contribution in [0.15, 0.2) is 65.6 Å². The molecule has 5 rings (SSSR count). The number of nitrogens with zero attached hydrogens (tertiary/aromatic N) is 4. The first-order chi connectivity index (χ1) is 23.4. The molecule has 1 saturated heterocycles. The van der Waals surface area contributed by atoms with Gasteiger partial charge in [0.1, 0.15) is 11.5 Å². The lowest BCUT2D eigenvalue weighted by molar-refractivity contribution is -0.138. The number of anilines is 1. The number of sulfonamides is 1. The van der Waals surface area contributed by atoms with E-state index in [9.17, 15) is 13.2 Å². The Balaban J connectivity index is 1.71. The van der Waals surface area contributed by atoms with E-state index in [1.165, 1.54) is 43.4 Å². The predicted molar refractivity (Wildman–Crippen MR) is 191 cm³/mol. The first-order valence-electron chi connectivity index (χ1n) is 16.4. The van der Waals surface area contributed by atoms with E-state index < -0.39 is 27.5 Å². The molecular formula is C36H46ClN5O6S. The van der Waals surface area contributed by atoms with Crippen LogP contribution < -0.4 is 19.1 Å². The fourth-order valence-corrected chi connectivity index (χ4v) is 8.54. The number of likely N-dealkylation sites (N-methyl/N-ethyl adjacent to an activating group) is 1. The smallest absolute Gasteiger partial charge is 0.271 e. The van der Waals surface area contributed by atoms with Crippen LogP contribution in [0, 0.1) is 0 Å². The van der Waals surface area contributed by atoms with Crippen molar-refractivity contribution >= 4 is 39.1 Å². The number of unbranched alkanes of at least 4 members (excludes halogenated alkanes) is 1. The summed E-state index contributed by atoms with van der Waals surface area (Å²) >= 11 is 6.66. The van der Waals surface area contributed by atoms with E-state index in [1.54, 1.807) is 38.4 Å². The normalized spacial score (nSPS) is 19.4. The van der Waals surface area contributed by atoms with E-state index in [-0.39, 0.29) is 16.5 Å². The number of likely N-dealkylation sites (tertiary alicyclic amines) is 1. The average molecular weight is 712 g/mol. The molecule has 2 aliphatic rings. The Bertz CT molecular complexity index is 1780. The van der Waals surface area contributed by atoms with Crippen LogP contribution in [0.3, 0.4) is 0 Å². The van der Waals surface area contributed by atoms with E-state index in [1.807, 2.05) is 17.0 Å². The molecule has 1 N–H and O–H groups in total. The molecule has 264 valence electrons. The summed E-state index contributed by atoms with van der Waals surface area (Å²) in [7, 11) is 6.02. The van der Waals surface area contributed by atoms with Gasteiger partial charge in [0.2, 0.25) is 5.91 Å². The fourth-order valence-electron chi connectivity index (χ4n) is 6.91. The molecule has 0 saturated carbocycles. The number of hydrogen-bond acceptors (Lipinski definition) is 9. The van der Waals surface area contributed by atoms with Gasteiger partial charge in [0, 0.05) is 43.3 Å². The molecule has 2 aliphatic heterocycles. The zero-order chi connectivity index (χ0) is 35.5. The van der Waals surface area contributed by atoms with Crippen molar-refractivity contribution in [2.24, 2.45) is 0 Å². The SMILES string of the molecule is COc1ccc(S(=O)(=O)N2C(=O)[C@](c3cc(CNCCCCN(C)C)ccc3OC)(N3CCCC3C(=O)N(C)C)c3cc(Cl)ccc32)cc1. The van der Waals surface area contributed by atoms with Crippen LogP contribution in [0.25, 0.3) is 0 Å². The summed E-state index contributed by atoms with van der Waals surface area (Å²) in [6.07, 6.45) is 3.16. The monoisotopic (exact) mass is 711 g/mol. The molecule has 49 heavy (non-hydrogen) atoms. The number of ether oxygens (including phenoxy) is 2. The minimum atomic E-state index is -4.45. The van der Waals surface area contributed by atoms with Crippen molar-refractivity contribution < 1.29 is 27.5 Å². The summed E-state index contributed by atoms with van der Waals surface area (Å²) in [6.45, 7) is 2.67. The van der Waals surface area contributed by atoms with Crippen LogP contribution in [-0.2, 0) is 31.7 Å². The molecule has 2 amide bonds. The average Bonchev–Trinajstić information content (AvgIpc) is 3.66. The van der Waals surface area contributed by atoms with Crippen molar-refractivity contribution in [3.05, 3.63) is 82.4 Å². The van der Waals surface area contributed by atoms with Crippen LogP contribution in [0.1, 0.15) is 42.4 Å². The number of amides is 2. The first kappa shape index (κ1) is 36.6. The highest BCUT2D eigenvalue weighted by Crippen LogP contribution is 2.55. The number of carbonyl (C=O) groups excluding carboxylic acids is 2. The number of hydrogen-bond donors (Lipinski definition) is 1. The highest BCUT2D eigenvalue weighted by Gasteiger charge is 2.63. The second kappa shape index (κ2) is 15.1. The van der Waals surface area contributed by atoms with Gasteiger partial charge >= 0.3 is 0 Å². The summed E-state index contributed by atoms with van der Waals surface area (Å²) < 4.78 is 41.1. The van der Waals surface area contributed by atoms with E-state index in [2.05, 4.69) is 24.3 Å². The molecule has 3 aromatic carbocycles. The van der Waals surface area contributed by atoms with Crippen molar-refractivity contribution in [1.82, 2.24) is 20.0 Å². The number of halogens is 1. The molecule has 2 heterocycles. The third-order valence-corrected chi connectivity index (χ3v) is 11.2. The van der Waals surface area contributed by atoms with E-state index in [4.69, 9.17) is 21.1 Å². The van der Waals surface area contributed by atoms with E-state index in [0.29, 0.717) is 53.6 Å². The van der Waals surface area contributed by atoms with Crippen LogP contribution in [0.4, 0.5) is 5.69 Å². The standard InChI is InChI=1S/C36H46ClN5O6S/c1-39(2)20-8-7-19-38-24-25-11-18-33(48-6)30(22-25)36(41-21-9-10-32(41)34(43)40(3)4)29-23-26(37)12-17-31(29)42(35(36)44)49(45,46)28-15-13-27(47-5)14-16-28/h11-18,22-23,32,38H,7-10,19-21,24H2,1-6H3/t32?,36-/m0/s1. The maximum absolute atomic E-state index is 15.5. The van der Waals surface area contributed by atoms with Gasteiger partial charge in [0.05, 0.1) is 30.8 Å².